The molecule has 3 heterocycles. The van der Waals surface area contributed by atoms with Crippen molar-refractivity contribution >= 4 is 28.8 Å². The van der Waals surface area contributed by atoms with Crippen LogP contribution in [0.15, 0.2) is 76.2 Å². The number of hydrogen-bond acceptors (Lipinski definition) is 8. The molecule has 0 aliphatic carbocycles. The molecule has 33 heavy (non-hydrogen) atoms. The third kappa shape index (κ3) is 4.78. The van der Waals surface area contributed by atoms with Crippen molar-refractivity contribution < 1.29 is 19.1 Å². The van der Waals surface area contributed by atoms with E-state index in [0.717, 1.165) is 22.0 Å². The van der Waals surface area contributed by atoms with Crippen LogP contribution in [-0.4, -0.2) is 41.1 Å². The van der Waals surface area contributed by atoms with Crippen molar-refractivity contribution in [2.45, 2.75) is 25.9 Å². The van der Waals surface area contributed by atoms with Gasteiger partial charge in [0.05, 0.1) is 38.0 Å². The van der Waals surface area contributed by atoms with Gasteiger partial charge in [0.2, 0.25) is 5.91 Å². The van der Waals surface area contributed by atoms with Gasteiger partial charge in [-0.25, -0.2) is 9.79 Å². The number of thioether (sulfide) groups is 1. The number of nitrogens with zero attached hydrogens (tertiary/aromatic N) is 3. The van der Waals surface area contributed by atoms with Gasteiger partial charge in [-0.05, 0) is 41.7 Å². The first kappa shape index (κ1) is 22.6. The minimum atomic E-state index is -0.469. The lowest BCUT2D eigenvalue weighted by Gasteiger charge is -2.36. The average molecular weight is 465 g/mol. The molecule has 0 spiro atoms. The van der Waals surface area contributed by atoms with Crippen LogP contribution >= 0.6 is 11.8 Å². The number of rotatable bonds is 7. The van der Waals surface area contributed by atoms with Crippen molar-refractivity contribution in [3.8, 4) is 5.75 Å². The molecule has 1 aromatic heterocycles. The molecule has 0 fully saturated rings. The summed E-state index contributed by atoms with van der Waals surface area (Å²) in [5, 5.41) is 5.56. The number of benzene rings is 1. The van der Waals surface area contributed by atoms with E-state index < -0.39 is 12.0 Å². The van der Waals surface area contributed by atoms with Crippen LogP contribution in [0.3, 0.4) is 0 Å². The Labute approximate surface area is 196 Å². The van der Waals surface area contributed by atoms with Crippen LogP contribution in [-0.2, 0) is 20.9 Å². The molecular weight excluding hydrogens is 440 g/mol. The number of hydrogen-bond donors (Lipinski definition) is 1. The van der Waals surface area contributed by atoms with Crippen LogP contribution < -0.4 is 10.1 Å². The molecule has 9 heteroatoms. The quantitative estimate of drug-likeness (QED) is 0.627. The lowest BCUT2D eigenvalue weighted by atomic mass is 9.94. The van der Waals surface area contributed by atoms with E-state index in [4.69, 9.17) is 9.47 Å². The monoisotopic (exact) mass is 464 g/mol. The number of fused-ring (bicyclic) bond motifs is 1. The van der Waals surface area contributed by atoms with Gasteiger partial charge in [0.15, 0.2) is 5.17 Å². The number of amidine groups is 1. The van der Waals surface area contributed by atoms with Crippen LogP contribution in [0.25, 0.3) is 0 Å². The maximum Gasteiger partial charge on any atom is 0.338 e. The van der Waals surface area contributed by atoms with Crippen LogP contribution in [0.4, 0.5) is 0 Å². The zero-order chi connectivity index (χ0) is 23.4. The van der Waals surface area contributed by atoms with E-state index in [1.54, 1.807) is 26.4 Å². The Kier molecular flexibility index (Phi) is 6.79. The average Bonchev–Trinajstić information content (AvgIpc) is 3.23. The first-order valence-corrected chi connectivity index (χ1v) is 11.2. The van der Waals surface area contributed by atoms with Gasteiger partial charge in [-0.1, -0.05) is 30.0 Å². The van der Waals surface area contributed by atoms with Gasteiger partial charge < -0.3 is 19.7 Å². The number of esters is 1. The predicted octanol–water partition coefficient (Wildman–Crippen LogP) is 3.54. The minimum absolute atomic E-state index is 0.133. The van der Waals surface area contributed by atoms with Gasteiger partial charge in [0.1, 0.15) is 5.75 Å². The molecule has 0 saturated heterocycles. The summed E-state index contributed by atoms with van der Waals surface area (Å²) in [6.07, 6.45) is 3.56. The largest absolute Gasteiger partial charge is 0.497 e. The summed E-state index contributed by atoms with van der Waals surface area (Å²) in [6, 6.07) is 10.8. The van der Waals surface area contributed by atoms with E-state index in [-0.39, 0.29) is 12.3 Å². The number of allylic oxidation sites excluding steroid dienone is 1. The molecule has 0 bridgehead atoms. The van der Waals surface area contributed by atoms with Gasteiger partial charge in [0.25, 0.3) is 0 Å². The fourth-order valence-corrected chi connectivity index (χ4v) is 4.74. The van der Waals surface area contributed by atoms with Gasteiger partial charge >= 0.3 is 5.97 Å². The van der Waals surface area contributed by atoms with Crippen molar-refractivity contribution in [2.75, 3.05) is 14.2 Å². The van der Waals surface area contributed by atoms with E-state index in [2.05, 4.69) is 15.3 Å². The molecule has 2 aliphatic rings. The molecule has 1 aromatic carbocycles. The van der Waals surface area contributed by atoms with E-state index in [0.29, 0.717) is 23.6 Å². The standard InChI is InChI=1S/C24H24N4O4S/c1-15-21(23(30)32-3)22(17-6-8-19(31-2)9-7-17)28-18(14-33-24(28)27-15)11-20(29)26-13-16-5-4-10-25-12-16/h4-10,12,14,22H,11,13H2,1-3H3,(H,26,29)/t22-/m0/s1. The number of methoxy groups -OCH3 is 2. The molecule has 4 rings (SSSR count). The maximum absolute atomic E-state index is 12.7. The van der Waals surface area contributed by atoms with E-state index >= 15 is 0 Å². The van der Waals surface area contributed by atoms with Crippen LogP contribution in [0.5, 0.6) is 5.75 Å². The number of amides is 1. The molecule has 2 aliphatic heterocycles. The Morgan fingerprint density at radius 3 is 2.64 bits per heavy atom. The highest BCUT2D eigenvalue weighted by Gasteiger charge is 2.40. The Balaban J connectivity index is 1.60. The van der Waals surface area contributed by atoms with Crippen molar-refractivity contribution in [3.05, 3.63) is 82.3 Å². The Bertz CT molecular complexity index is 1140. The smallest absolute Gasteiger partial charge is 0.338 e. The van der Waals surface area contributed by atoms with Crippen molar-refractivity contribution in [2.24, 2.45) is 4.99 Å². The number of pyridine rings is 1. The third-order valence-corrected chi connectivity index (χ3v) is 6.28. The molecule has 1 atom stereocenters. The first-order valence-electron chi connectivity index (χ1n) is 10.3. The fraction of sp³-hybridized carbons (Fsp3) is 0.250. The Morgan fingerprint density at radius 1 is 1.18 bits per heavy atom. The van der Waals surface area contributed by atoms with Gasteiger partial charge in [-0.15, -0.1) is 0 Å². The van der Waals surface area contributed by atoms with Gasteiger partial charge in [0, 0.05) is 24.6 Å². The highest BCUT2D eigenvalue weighted by molar-refractivity contribution is 8.16. The summed E-state index contributed by atoms with van der Waals surface area (Å²) in [6.45, 7) is 2.19. The number of aliphatic imine (C=N–C) groups is 1. The van der Waals surface area contributed by atoms with E-state index in [1.807, 2.05) is 46.7 Å². The topological polar surface area (TPSA) is 93.1 Å². The zero-order valence-electron chi connectivity index (χ0n) is 18.6. The molecule has 0 radical (unpaired) electrons. The predicted molar refractivity (Wildman–Crippen MR) is 126 cm³/mol. The molecule has 0 saturated carbocycles. The second-order valence-electron chi connectivity index (χ2n) is 7.47. The van der Waals surface area contributed by atoms with E-state index in [1.165, 1.54) is 18.9 Å². The summed E-state index contributed by atoms with van der Waals surface area (Å²) in [5.41, 5.74) is 3.58. The van der Waals surface area contributed by atoms with Crippen LogP contribution in [0.1, 0.15) is 30.5 Å². The minimum Gasteiger partial charge on any atom is -0.497 e. The lowest BCUT2D eigenvalue weighted by Crippen LogP contribution is -2.37. The third-order valence-electron chi connectivity index (χ3n) is 5.39. The van der Waals surface area contributed by atoms with Crippen molar-refractivity contribution in [1.82, 2.24) is 15.2 Å². The molecule has 2 aromatic rings. The van der Waals surface area contributed by atoms with Crippen LogP contribution in [0.2, 0.25) is 0 Å². The normalized spacial score (nSPS) is 17.2. The maximum atomic E-state index is 12.7. The molecule has 1 N–H and O–H groups in total. The van der Waals surface area contributed by atoms with Crippen molar-refractivity contribution in [3.63, 3.8) is 0 Å². The van der Waals surface area contributed by atoms with Gasteiger partial charge in [-0.3, -0.25) is 9.78 Å². The van der Waals surface area contributed by atoms with Gasteiger partial charge in [-0.2, -0.15) is 0 Å². The number of aromatic nitrogens is 1. The summed E-state index contributed by atoms with van der Waals surface area (Å²) in [7, 11) is 2.96. The fourth-order valence-electron chi connectivity index (χ4n) is 3.77. The number of nitrogens with one attached hydrogen (secondary N) is 1. The molecule has 1 amide bonds. The number of ether oxygens (including phenoxy) is 2. The summed E-state index contributed by atoms with van der Waals surface area (Å²) >= 11 is 1.43. The first-order chi connectivity index (χ1) is 16.0. The highest BCUT2D eigenvalue weighted by atomic mass is 32.2. The molecule has 170 valence electrons. The number of carbonyl (C=O) groups is 2. The number of carbonyl (C=O) groups excluding carboxylic acids is 2. The Hall–Kier alpha value is -3.59. The van der Waals surface area contributed by atoms with Crippen LogP contribution in [0, 0.1) is 0 Å². The molecule has 8 nitrogen and oxygen atoms in total. The molecule has 0 unspecified atom stereocenters. The molecular formula is C24H24N4O4S. The second kappa shape index (κ2) is 9.91. The Morgan fingerprint density at radius 2 is 1.97 bits per heavy atom. The lowest BCUT2D eigenvalue weighted by molar-refractivity contribution is -0.136. The second-order valence-corrected chi connectivity index (χ2v) is 8.31. The summed E-state index contributed by atoms with van der Waals surface area (Å²) in [5.74, 6) is 0.129. The SMILES string of the molecule is COC(=O)C1=C(C)N=C2SC=C(CC(=O)NCc3cccnc3)N2[C@H]1c1ccc(OC)cc1. The summed E-state index contributed by atoms with van der Waals surface area (Å²) < 4.78 is 10.4. The summed E-state index contributed by atoms with van der Waals surface area (Å²) in [4.78, 5) is 36.1. The highest BCUT2D eigenvalue weighted by Crippen LogP contribution is 2.45. The van der Waals surface area contributed by atoms with E-state index in [9.17, 15) is 9.59 Å². The zero-order valence-corrected chi connectivity index (χ0v) is 19.4. The van der Waals surface area contributed by atoms with Crippen molar-refractivity contribution in [1.29, 1.82) is 0 Å².